The number of carbonyl (C=O) groups is 1. The van der Waals surface area contributed by atoms with Gasteiger partial charge in [-0.05, 0) is 27.3 Å². The maximum Gasteiger partial charge on any atom is 0.254 e. The van der Waals surface area contributed by atoms with Crippen LogP contribution >= 0.6 is 0 Å². The van der Waals surface area contributed by atoms with Gasteiger partial charge in [-0.25, -0.2) is 0 Å². The average Bonchev–Trinajstić information content (AvgIpc) is 2.27. The van der Waals surface area contributed by atoms with Gasteiger partial charge in [0.1, 0.15) is 5.60 Å². The van der Waals surface area contributed by atoms with Gasteiger partial charge >= 0.3 is 0 Å². The van der Waals surface area contributed by atoms with Crippen molar-refractivity contribution in [2.45, 2.75) is 39.3 Å². The third-order valence-corrected chi connectivity index (χ3v) is 3.48. The second-order valence-electron chi connectivity index (χ2n) is 4.94. The maximum absolute atomic E-state index is 12.2. The zero-order chi connectivity index (χ0) is 12.3. The zero-order valence-corrected chi connectivity index (χ0v) is 11.1. The fourth-order valence-electron chi connectivity index (χ4n) is 2.12. The van der Waals surface area contributed by atoms with Crippen LogP contribution in [0.2, 0.25) is 0 Å². The number of nitrogens with zero attached hydrogens (tertiary/aromatic N) is 2. The molecule has 0 N–H and O–H groups in total. The standard InChI is InChI=1S/C12H24N2O2/c1-6-13-7-8-14(9-10(13)2)11(15)12(3,4)16-5/h10H,6-9H2,1-5H3. The minimum absolute atomic E-state index is 0.0950. The summed E-state index contributed by atoms with van der Waals surface area (Å²) >= 11 is 0. The summed E-state index contributed by atoms with van der Waals surface area (Å²) in [5.74, 6) is 0.0950. The van der Waals surface area contributed by atoms with Crippen LogP contribution in [0, 0.1) is 0 Å². The summed E-state index contributed by atoms with van der Waals surface area (Å²) in [7, 11) is 1.59. The lowest BCUT2D eigenvalue weighted by molar-refractivity contribution is -0.153. The van der Waals surface area contributed by atoms with Crippen molar-refractivity contribution in [2.75, 3.05) is 33.3 Å². The van der Waals surface area contributed by atoms with Gasteiger partial charge < -0.3 is 9.64 Å². The third-order valence-electron chi connectivity index (χ3n) is 3.48. The topological polar surface area (TPSA) is 32.8 Å². The van der Waals surface area contributed by atoms with E-state index in [1.165, 1.54) is 0 Å². The molecule has 1 amide bonds. The Labute approximate surface area is 98.5 Å². The third kappa shape index (κ3) is 2.74. The molecule has 1 rings (SSSR count). The molecule has 1 aliphatic rings. The molecule has 1 heterocycles. The monoisotopic (exact) mass is 228 g/mol. The molecular weight excluding hydrogens is 204 g/mol. The quantitative estimate of drug-likeness (QED) is 0.721. The molecule has 0 spiro atoms. The second kappa shape index (κ2) is 5.15. The van der Waals surface area contributed by atoms with Gasteiger partial charge in [-0.3, -0.25) is 9.69 Å². The molecule has 0 aliphatic carbocycles. The van der Waals surface area contributed by atoms with E-state index in [1.807, 2.05) is 18.7 Å². The minimum Gasteiger partial charge on any atom is -0.369 e. The Morgan fingerprint density at radius 3 is 2.50 bits per heavy atom. The Kier molecular flexibility index (Phi) is 4.33. The molecule has 1 atom stereocenters. The lowest BCUT2D eigenvalue weighted by atomic mass is 10.1. The van der Waals surface area contributed by atoms with Crippen LogP contribution in [0.5, 0.6) is 0 Å². The van der Waals surface area contributed by atoms with Crippen molar-refractivity contribution in [3.8, 4) is 0 Å². The molecule has 94 valence electrons. The van der Waals surface area contributed by atoms with E-state index in [9.17, 15) is 4.79 Å². The predicted molar refractivity (Wildman–Crippen MR) is 64.4 cm³/mol. The van der Waals surface area contributed by atoms with E-state index in [4.69, 9.17) is 4.74 Å². The highest BCUT2D eigenvalue weighted by Gasteiger charge is 2.35. The summed E-state index contributed by atoms with van der Waals surface area (Å²) in [4.78, 5) is 16.5. The van der Waals surface area contributed by atoms with Crippen LogP contribution in [-0.4, -0.2) is 60.6 Å². The molecule has 0 bridgehead atoms. The number of amides is 1. The van der Waals surface area contributed by atoms with E-state index in [1.54, 1.807) is 7.11 Å². The minimum atomic E-state index is -0.700. The van der Waals surface area contributed by atoms with Crippen molar-refractivity contribution in [2.24, 2.45) is 0 Å². The van der Waals surface area contributed by atoms with Crippen molar-refractivity contribution in [3.05, 3.63) is 0 Å². The first-order valence-electron chi connectivity index (χ1n) is 6.01. The van der Waals surface area contributed by atoms with Gasteiger partial charge in [0.2, 0.25) is 0 Å². The first-order valence-corrected chi connectivity index (χ1v) is 6.01. The Bertz CT molecular complexity index is 253. The highest BCUT2D eigenvalue weighted by atomic mass is 16.5. The molecule has 4 nitrogen and oxygen atoms in total. The number of carbonyl (C=O) groups excluding carboxylic acids is 1. The lowest BCUT2D eigenvalue weighted by Crippen LogP contribution is -2.57. The Morgan fingerprint density at radius 1 is 1.44 bits per heavy atom. The lowest BCUT2D eigenvalue weighted by Gasteiger charge is -2.41. The van der Waals surface area contributed by atoms with Crippen molar-refractivity contribution in [1.29, 1.82) is 0 Å². The molecule has 0 radical (unpaired) electrons. The van der Waals surface area contributed by atoms with Gasteiger partial charge in [-0.1, -0.05) is 6.92 Å². The molecule has 16 heavy (non-hydrogen) atoms. The number of ether oxygens (including phenoxy) is 1. The van der Waals surface area contributed by atoms with E-state index in [2.05, 4.69) is 18.7 Å². The fraction of sp³-hybridized carbons (Fsp3) is 0.917. The fourth-order valence-corrected chi connectivity index (χ4v) is 2.12. The molecule has 1 saturated heterocycles. The molecule has 1 unspecified atom stereocenters. The SMILES string of the molecule is CCN1CCN(C(=O)C(C)(C)OC)CC1C. The van der Waals surface area contributed by atoms with Crippen LogP contribution in [0.1, 0.15) is 27.7 Å². The molecule has 4 heteroatoms. The van der Waals surface area contributed by atoms with Gasteiger partial charge in [-0.15, -0.1) is 0 Å². The summed E-state index contributed by atoms with van der Waals surface area (Å²) in [5, 5.41) is 0. The van der Waals surface area contributed by atoms with Crippen molar-refractivity contribution in [1.82, 2.24) is 9.80 Å². The van der Waals surface area contributed by atoms with E-state index in [0.717, 1.165) is 26.2 Å². The number of piperazine rings is 1. The molecular formula is C12H24N2O2. The Balaban J connectivity index is 2.61. The van der Waals surface area contributed by atoms with Crippen LogP contribution in [0.15, 0.2) is 0 Å². The van der Waals surface area contributed by atoms with Gasteiger partial charge in [0, 0.05) is 32.8 Å². The summed E-state index contributed by atoms with van der Waals surface area (Å²) in [6, 6.07) is 0.440. The van der Waals surface area contributed by atoms with E-state index in [-0.39, 0.29) is 5.91 Å². The highest BCUT2D eigenvalue weighted by Crippen LogP contribution is 2.16. The van der Waals surface area contributed by atoms with E-state index in [0.29, 0.717) is 6.04 Å². The Hall–Kier alpha value is -0.610. The van der Waals surface area contributed by atoms with Gasteiger partial charge in [0.25, 0.3) is 5.91 Å². The molecule has 0 saturated carbocycles. The molecule has 1 fully saturated rings. The van der Waals surface area contributed by atoms with Crippen LogP contribution in [0.4, 0.5) is 0 Å². The number of likely N-dealkylation sites (N-methyl/N-ethyl adjacent to an activating group) is 1. The second-order valence-corrected chi connectivity index (χ2v) is 4.94. The van der Waals surface area contributed by atoms with Crippen LogP contribution in [0.3, 0.4) is 0 Å². The largest absolute Gasteiger partial charge is 0.369 e. The van der Waals surface area contributed by atoms with Crippen molar-refractivity contribution >= 4 is 5.91 Å². The highest BCUT2D eigenvalue weighted by molar-refractivity contribution is 5.84. The first kappa shape index (κ1) is 13.5. The van der Waals surface area contributed by atoms with E-state index < -0.39 is 5.60 Å². The van der Waals surface area contributed by atoms with Gasteiger partial charge in [-0.2, -0.15) is 0 Å². The summed E-state index contributed by atoms with van der Waals surface area (Å²) in [6.07, 6.45) is 0. The van der Waals surface area contributed by atoms with Crippen LogP contribution in [-0.2, 0) is 9.53 Å². The maximum atomic E-state index is 12.2. The van der Waals surface area contributed by atoms with E-state index >= 15 is 0 Å². The predicted octanol–water partition coefficient (Wildman–Crippen LogP) is 0.964. The molecule has 1 aliphatic heterocycles. The smallest absolute Gasteiger partial charge is 0.254 e. The number of methoxy groups -OCH3 is 1. The summed E-state index contributed by atoms with van der Waals surface area (Å²) in [5.41, 5.74) is -0.700. The van der Waals surface area contributed by atoms with Crippen LogP contribution < -0.4 is 0 Å². The molecule has 0 aromatic carbocycles. The van der Waals surface area contributed by atoms with Gasteiger partial charge in [0.15, 0.2) is 0 Å². The van der Waals surface area contributed by atoms with Crippen LogP contribution in [0.25, 0.3) is 0 Å². The Morgan fingerprint density at radius 2 is 2.06 bits per heavy atom. The molecule has 0 aromatic rings. The summed E-state index contributed by atoms with van der Waals surface area (Å²) in [6.45, 7) is 11.6. The summed E-state index contributed by atoms with van der Waals surface area (Å²) < 4.78 is 5.24. The zero-order valence-electron chi connectivity index (χ0n) is 11.1. The number of hydrogen-bond acceptors (Lipinski definition) is 3. The first-order chi connectivity index (χ1) is 7.42. The van der Waals surface area contributed by atoms with Crippen molar-refractivity contribution in [3.63, 3.8) is 0 Å². The van der Waals surface area contributed by atoms with Gasteiger partial charge in [0.05, 0.1) is 0 Å². The van der Waals surface area contributed by atoms with Crippen molar-refractivity contribution < 1.29 is 9.53 Å². The number of rotatable bonds is 3. The average molecular weight is 228 g/mol. The molecule has 0 aromatic heterocycles. The normalized spacial score (nSPS) is 23.6. The number of hydrogen-bond donors (Lipinski definition) is 0.